The average Bonchev–Trinajstić information content (AvgIpc) is 2.90. The van der Waals surface area contributed by atoms with Crippen LogP contribution in [0.3, 0.4) is 0 Å². The number of aromatic nitrogens is 2. The summed E-state index contributed by atoms with van der Waals surface area (Å²) >= 11 is 6.17. The van der Waals surface area contributed by atoms with Gasteiger partial charge in [0.25, 0.3) is 5.91 Å². The molecule has 0 radical (unpaired) electrons. The van der Waals surface area contributed by atoms with Gasteiger partial charge >= 0.3 is 15.5 Å². The Bertz CT molecular complexity index is 1170. The summed E-state index contributed by atoms with van der Waals surface area (Å²) in [6.07, 6.45) is 0. The molecule has 0 bridgehead atoms. The van der Waals surface area contributed by atoms with E-state index in [1.165, 1.54) is 18.2 Å². The molecule has 28 heavy (non-hydrogen) atoms. The molecule has 0 spiro atoms. The zero-order chi connectivity index (χ0) is 20.7. The largest absolute Gasteiger partial charge is 0.516 e. The molecule has 11 heteroatoms. The summed E-state index contributed by atoms with van der Waals surface area (Å²) in [5.41, 5.74) is -4.11. The van der Waals surface area contributed by atoms with Gasteiger partial charge in [-0.3, -0.25) is 4.79 Å². The molecule has 1 N–H and O–H groups in total. The summed E-state index contributed by atoms with van der Waals surface area (Å²) in [5.74, 6) is -0.794. The van der Waals surface area contributed by atoms with Gasteiger partial charge in [0.2, 0.25) is 0 Å². The first-order chi connectivity index (χ1) is 13.0. The molecule has 1 heterocycles. The van der Waals surface area contributed by atoms with Crippen LogP contribution in [0.1, 0.15) is 21.7 Å². The minimum atomic E-state index is -5.80. The molecule has 0 fully saturated rings. The molecule has 0 aliphatic rings. The van der Waals surface area contributed by atoms with Crippen LogP contribution in [0, 0.1) is 6.92 Å². The molecule has 148 valence electrons. The summed E-state index contributed by atoms with van der Waals surface area (Å²) in [6, 6.07) is 11.0. The van der Waals surface area contributed by atoms with Crippen molar-refractivity contribution in [3.63, 3.8) is 0 Å². The standard InChI is InChI=1S/C17H13ClF3N3O3S/c1-10-22-14-7-6-11(16(25)23-28(26,27)17(19,20)21)8-15(14)24(10)9-12-4-2-3-5-13(12)18/h2-8H,9H2,1H3,(H,23,25). The number of carbonyl (C=O) groups is 1. The zero-order valence-electron chi connectivity index (χ0n) is 14.3. The van der Waals surface area contributed by atoms with Crippen LogP contribution in [-0.2, 0) is 16.6 Å². The number of fused-ring (bicyclic) bond motifs is 1. The number of carbonyl (C=O) groups excluding carboxylic acids is 1. The Labute approximate surface area is 163 Å². The number of rotatable bonds is 4. The second-order valence-corrected chi connectivity index (χ2v) is 8.00. The predicted octanol–water partition coefficient (Wildman–Crippen LogP) is 3.63. The Morgan fingerprint density at radius 2 is 1.89 bits per heavy atom. The van der Waals surface area contributed by atoms with Crippen molar-refractivity contribution in [1.29, 1.82) is 0 Å². The van der Waals surface area contributed by atoms with E-state index in [0.717, 1.165) is 10.3 Å². The minimum Gasteiger partial charge on any atom is -0.324 e. The van der Waals surface area contributed by atoms with Gasteiger partial charge < -0.3 is 4.57 Å². The van der Waals surface area contributed by atoms with E-state index in [2.05, 4.69) is 4.98 Å². The molecule has 0 saturated carbocycles. The van der Waals surface area contributed by atoms with Gasteiger partial charge in [0.05, 0.1) is 17.6 Å². The number of nitrogens with zero attached hydrogens (tertiary/aromatic N) is 2. The molecule has 2 aromatic carbocycles. The van der Waals surface area contributed by atoms with E-state index >= 15 is 0 Å². The average molecular weight is 432 g/mol. The zero-order valence-corrected chi connectivity index (χ0v) is 15.9. The second kappa shape index (κ2) is 7.10. The Hall–Kier alpha value is -2.59. The van der Waals surface area contributed by atoms with E-state index in [1.807, 2.05) is 0 Å². The van der Waals surface area contributed by atoms with Crippen molar-refractivity contribution in [2.24, 2.45) is 0 Å². The topological polar surface area (TPSA) is 81.1 Å². The van der Waals surface area contributed by atoms with E-state index in [-0.39, 0.29) is 5.56 Å². The van der Waals surface area contributed by atoms with Gasteiger partial charge in [-0.1, -0.05) is 29.8 Å². The van der Waals surface area contributed by atoms with Crippen molar-refractivity contribution in [2.45, 2.75) is 19.0 Å². The number of nitrogens with one attached hydrogen (secondary N) is 1. The lowest BCUT2D eigenvalue weighted by atomic mass is 10.2. The number of hydrogen-bond acceptors (Lipinski definition) is 4. The maximum absolute atomic E-state index is 12.5. The maximum atomic E-state index is 12.5. The maximum Gasteiger partial charge on any atom is 0.516 e. The van der Waals surface area contributed by atoms with Gasteiger partial charge in [-0.2, -0.15) is 21.6 Å². The fraction of sp³-hybridized carbons (Fsp3) is 0.176. The number of alkyl halides is 3. The Balaban J connectivity index is 1.99. The summed E-state index contributed by atoms with van der Waals surface area (Å²) in [7, 11) is -5.80. The predicted molar refractivity (Wildman–Crippen MR) is 97.5 cm³/mol. The van der Waals surface area contributed by atoms with Gasteiger partial charge in [0.15, 0.2) is 0 Å². The van der Waals surface area contributed by atoms with Crippen LogP contribution < -0.4 is 4.72 Å². The molecule has 0 atom stereocenters. The van der Waals surface area contributed by atoms with Crippen LogP contribution in [0.4, 0.5) is 13.2 Å². The van der Waals surface area contributed by atoms with Crippen LogP contribution in [0.5, 0.6) is 0 Å². The van der Waals surface area contributed by atoms with Crippen molar-refractivity contribution in [2.75, 3.05) is 0 Å². The molecule has 0 saturated heterocycles. The molecule has 0 unspecified atom stereocenters. The van der Waals surface area contributed by atoms with Gasteiger partial charge in [0, 0.05) is 10.6 Å². The Kier molecular flexibility index (Phi) is 5.11. The SMILES string of the molecule is Cc1nc2ccc(C(=O)NS(=O)(=O)C(F)(F)F)cc2n1Cc1ccccc1Cl. The normalized spacial score (nSPS) is 12.3. The molecule has 1 aromatic heterocycles. The first-order valence-corrected chi connectivity index (χ1v) is 9.69. The summed E-state index contributed by atoms with van der Waals surface area (Å²) in [4.78, 5) is 16.4. The van der Waals surface area contributed by atoms with E-state index in [1.54, 1.807) is 35.8 Å². The molecular weight excluding hydrogens is 419 g/mol. The fourth-order valence-electron chi connectivity index (χ4n) is 2.62. The van der Waals surface area contributed by atoms with E-state index in [4.69, 9.17) is 11.6 Å². The molecule has 0 aliphatic heterocycles. The molecule has 1 amide bonds. The van der Waals surface area contributed by atoms with Crippen molar-refractivity contribution in [3.05, 3.63) is 64.4 Å². The number of aryl methyl sites for hydroxylation is 1. The third-order valence-corrected chi connectivity index (χ3v) is 5.45. The smallest absolute Gasteiger partial charge is 0.324 e. The highest BCUT2D eigenvalue weighted by Gasteiger charge is 2.47. The third kappa shape index (κ3) is 3.83. The highest BCUT2D eigenvalue weighted by Crippen LogP contribution is 2.24. The van der Waals surface area contributed by atoms with E-state index in [9.17, 15) is 26.4 Å². The first-order valence-electron chi connectivity index (χ1n) is 7.83. The highest BCUT2D eigenvalue weighted by atomic mass is 35.5. The monoisotopic (exact) mass is 431 g/mol. The second-order valence-electron chi connectivity index (χ2n) is 5.92. The van der Waals surface area contributed by atoms with Crippen LogP contribution in [0.15, 0.2) is 42.5 Å². The lowest BCUT2D eigenvalue weighted by molar-refractivity contribution is -0.0446. The molecule has 3 rings (SSSR count). The van der Waals surface area contributed by atoms with Crippen molar-refractivity contribution < 1.29 is 26.4 Å². The number of sulfonamides is 1. The number of amides is 1. The van der Waals surface area contributed by atoms with Gasteiger partial charge in [0.1, 0.15) is 5.82 Å². The van der Waals surface area contributed by atoms with E-state index < -0.39 is 21.4 Å². The van der Waals surface area contributed by atoms with Gasteiger partial charge in [-0.25, -0.2) is 9.71 Å². The fourth-order valence-corrected chi connectivity index (χ4v) is 3.29. The van der Waals surface area contributed by atoms with Crippen LogP contribution >= 0.6 is 11.6 Å². The van der Waals surface area contributed by atoms with Crippen LogP contribution in [0.2, 0.25) is 5.02 Å². The van der Waals surface area contributed by atoms with Crippen molar-refractivity contribution in [3.8, 4) is 0 Å². The summed E-state index contributed by atoms with van der Waals surface area (Å²) in [5, 5.41) is 0.522. The number of halogens is 4. The van der Waals surface area contributed by atoms with Crippen LogP contribution in [-0.4, -0.2) is 29.4 Å². The molecule has 0 aliphatic carbocycles. The Morgan fingerprint density at radius 3 is 2.54 bits per heavy atom. The lowest BCUT2D eigenvalue weighted by Gasteiger charge is -2.11. The third-order valence-electron chi connectivity index (χ3n) is 4.02. The van der Waals surface area contributed by atoms with Gasteiger partial charge in [-0.05, 0) is 36.8 Å². The van der Waals surface area contributed by atoms with E-state index in [0.29, 0.717) is 28.4 Å². The van der Waals surface area contributed by atoms with Crippen LogP contribution in [0.25, 0.3) is 11.0 Å². The number of imidazole rings is 1. The summed E-state index contributed by atoms with van der Waals surface area (Å²) in [6.45, 7) is 2.04. The molecule has 3 aromatic rings. The number of hydrogen-bond donors (Lipinski definition) is 1. The lowest BCUT2D eigenvalue weighted by Crippen LogP contribution is -2.40. The highest BCUT2D eigenvalue weighted by molar-refractivity contribution is 7.90. The quantitative estimate of drug-likeness (QED) is 0.684. The first kappa shape index (κ1) is 20.2. The summed E-state index contributed by atoms with van der Waals surface area (Å²) < 4.78 is 62.5. The molecule has 6 nitrogen and oxygen atoms in total. The van der Waals surface area contributed by atoms with Crippen molar-refractivity contribution in [1.82, 2.24) is 14.3 Å². The minimum absolute atomic E-state index is 0.249. The number of benzene rings is 2. The molecular formula is C17H13ClF3N3O3S. The van der Waals surface area contributed by atoms with Gasteiger partial charge in [-0.15, -0.1) is 0 Å². The van der Waals surface area contributed by atoms with Crippen molar-refractivity contribution >= 4 is 38.6 Å². The Morgan fingerprint density at radius 1 is 1.21 bits per heavy atom.